The van der Waals surface area contributed by atoms with Crippen LogP contribution in [0.1, 0.15) is 55.9 Å². The minimum atomic E-state index is -1.85. The lowest BCUT2D eigenvalue weighted by Gasteiger charge is -2.48. The monoisotopic (exact) mass is 534 g/mol. The van der Waals surface area contributed by atoms with E-state index in [0.29, 0.717) is 12.8 Å². The van der Waals surface area contributed by atoms with Crippen LogP contribution in [0.2, 0.25) is 0 Å². The van der Waals surface area contributed by atoms with E-state index in [2.05, 4.69) is 32.9 Å². The number of rotatable bonds is 9. The number of benzene rings is 3. The summed E-state index contributed by atoms with van der Waals surface area (Å²) in [6.07, 6.45) is 1.19. The van der Waals surface area contributed by atoms with Gasteiger partial charge in [0, 0.05) is 11.3 Å². The molecule has 0 bridgehead atoms. The van der Waals surface area contributed by atoms with E-state index in [0.717, 1.165) is 27.1 Å². The lowest BCUT2D eigenvalue weighted by atomic mass is 9.79. The van der Waals surface area contributed by atoms with Crippen LogP contribution in [0.3, 0.4) is 0 Å². The van der Waals surface area contributed by atoms with Crippen LogP contribution in [0.5, 0.6) is 0 Å². The quantitative estimate of drug-likeness (QED) is 0.262. The van der Waals surface area contributed by atoms with Gasteiger partial charge in [-0.25, -0.2) is 0 Å². The summed E-state index contributed by atoms with van der Waals surface area (Å²) >= 11 is 1.28. The highest BCUT2D eigenvalue weighted by atomic mass is 32.2. The number of aliphatic hydroxyl groups excluding tert-OH is 1. The van der Waals surface area contributed by atoms with Crippen LogP contribution in [-0.4, -0.2) is 40.4 Å². The van der Waals surface area contributed by atoms with E-state index in [9.17, 15) is 15.0 Å². The number of cyclic esters (lactones) is 1. The van der Waals surface area contributed by atoms with Crippen LogP contribution < -0.4 is 0 Å². The molecule has 0 aromatic heterocycles. The van der Waals surface area contributed by atoms with Crippen molar-refractivity contribution in [3.05, 3.63) is 101 Å². The number of aryl methyl sites for hydroxylation is 2. The summed E-state index contributed by atoms with van der Waals surface area (Å²) in [5.74, 6) is -2.38. The fraction of sp³-hybridized carbons (Fsp3) is 0.406. The van der Waals surface area contributed by atoms with E-state index in [1.165, 1.54) is 11.8 Å². The fourth-order valence-corrected chi connectivity index (χ4v) is 6.60. The molecule has 0 saturated carbocycles. The van der Waals surface area contributed by atoms with Crippen LogP contribution in [-0.2, 0) is 31.7 Å². The van der Waals surface area contributed by atoms with E-state index < -0.39 is 22.6 Å². The zero-order valence-corrected chi connectivity index (χ0v) is 23.5. The van der Waals surface area contributed by atoms with Gasteiger partial charge in [-0.3, -0.25) is 4.79 Å². The van der Waals surface area contributed by atoms with E-state index in [1.54, 1.807) is 0 Å². The Balaban J connectivity index is 1.74. The molecule has 1 aliphatic heterocycles. The molecule has 0 amide bonds. The van der Waals surface area contributed by atoms with Crippen molar-refractivity contribution in [1.82, 2.24) is 0 Å². The molecule has 1 aliphatic rings. The van der Waals surface area contributed by atoms with Gasteiger partial charge in [-0.1, -0.05) is 93.6 Å². The van der Waals surface area contributed by atoms with E-state index in [1.807, 2.05) is 73.7 Å². The predicted molar refractivity (Wildman–Crippen MR) is 151 cm³/mol. The molecule has 0 aliphatic carbocycles. The molecule has 0 spiro atoms. The number of esters is 1. The van der Waals surface area contributed by atoms with Crippen LogP contribution >= 0.6 is 11.8 Å². The van der Waals surface area contributed by atoms with Gasteiger partial charge in [0.1, 0.15) is 5.60 Å². The van der Waals surface area contributed by atoms with Crippen LogP contribution in [0.4, 0.5) is 0 Å². The summed E-state index contributed by atoms with van der Waals surface area (Å²) in [6.45, 7) is 8.02. The van der Waals surface area contributed by atoms with E-state index >= 15 is 0 Å². The lowest BCUT2D eigenvalue weighted by molar-refractivity contribution is -0.266. The standard InChI is InChI=1S/C32H38O5S/c1-23-15-16-26(30(2,3)4)27(21-23)38-28-29(34)37-31(25-13-9-6-10-14-25,22-32(28,35)36-20-19-33)18-17-24-11-7-5-8-12-24/h5-16,21,28,33,35H,17-20,22H2,1-4H3. The first-order valence-corrected chi connectivity index (χ1v) is 14.0. The Morgan fingerprint density at radius 1 is 1.03 bits per heavy atom. The zero-order chi connectivity index (χ0) is 27.4. The minimum Gasteiger partial charge on any atom is -0.453 e. The number of ether oxygens (including phenoxy) is 2. The smallest absolute Gasteiger partial charge is 0.325 e. The van der Waals surface area contributed by atoms with Crippen molar-refractivity contribution in [2.45, 2.75) is 73.9 Å². The molecule has 0 radical (unpaired) electrons. The van der Waals surface area contributed by atoms with Gasteiger partial charge in [0.25, 0.3) is 0 Å². The second-order valence-electron chi connectivity index (χ2n) is 11.1. The minimum absolute atomic E-state index is 0.0525. The van der Waals surface area contributed by atoms with Crippen LogP contribution in [0, 0.1) is 6.92 Å². The van der Waals surface area contributed by atoms with Crippen molar-refractivity contribution >= 4 is 17.7 Å². The molecule has 202 valence electrons. The Kier molecular flexibility index (Phi) is 8.68. The van der Waals surface area contributed by atoms with Gasteiger partial charge in [-0.05, 0) is 53.5 Å². The summed E-state index contributed by atoms with van der Waals surface area (Å²) in [4.78, 5) is 14.8. The highest BCUT2D eigenvalue weighted by Crippen LogP contribution is 2.49. The summed E-state index contributed by atoms with van der Waals surface area (Å²) < 4.78 is 12.3. The first kappa shape index (κ1) is 28.4. The topological polar surface area (TPSA) is 76.0 Å². The molecule has 6 heteroatoms. The summed E-state index contributed by atoms with van der Waals surface area (Å²) in [7, 11) is 0. The van der Waals surface area contributed by atoms with Gasteiger partial charge < -0.3 is 19.7 Å². The van der Waals surface area contributed by atoms with Crippen molar-refractivity contribution in [2.24, 2.45) is 0 Å². The predicted octanol–water partition coefficient (Wildman–Crippen LogP) is 5.93. The molecule has 3 aromatic rings. The molecule has 1 heterocycles. The third kappa shape index (κ3) is 6.32. The number of carbonyl (C=O) groups is 1. The maximum Gasteiger partial charge on any atom is 0.325 e. The van der Waals surface area contributed by atoms with Crippen molar-refractivity contribution < 1.29 is 24.5 Å². The maximum absolute atomic E-state index is 13.9. The average Bonchev–Trinajstić information content (AvgIpc) is 2.89. The highest BCUT2D eigenvalue weighted by molar-refractivity contribution is 8.00. The van der Waals surface area contributed by atoms with Gasteiger partial charge in [-0.2, -0.15) is 0 Å². The number of thioether (sulfide) groups is 1. The van der Waals surface area contributed by atoms with Gasteiger partial charge in [0.2, 0.25) is 0 Å². The molecule has 2 N–H and O–H groups in total. The summed E-state index contributed by atoms with van der Waals surface area (Å²) in [5, 5.41) is 20.7. The fourth-order valence-electron chi connectivity index (χ4n) is 5.11. The molecule has 3 atom stereocenters. The van der Waals surface area contributed by atoms with E-state index in [4.69, 9.17) is 9.47 Å². The molecular formula is C32H38O5S. The third-order valence-electron chi connectivity index (χ3n) is 7.05. The van der Waals surface area contributed by atoms with Crippen molar-refractivity contribution in [1.29, 1.82) is 0 Å². The average molecular weight is 535 g/mol. The normalized spacial score (nSPS) is 23.7. The molecule has 4 rings (SSSR count). The largest absolute Gasteiger partial charge is 0.453 e. The first-order chi connectivity index (χ1) is 18.1. The van der Waals surface area contributed by atoms with Crippen LogP contribution in [0.25, 0.3) is 0 Å². The van der Waals surface area contributed by atoms with Gasteiger partial charge >= 0.3 is 5.97 Å². The third-order valence-corrected chi connectivity index (χ3v) is 8.44. The Morgan fingerprint density at radius 3 is 2.32 bits per heavy atom. The Bertz CT molecular complexity index is 1220. The number of carbonyl (C=O) groups excluding carboxylic acids is 1. The van der Waals surface area contributed by atoms with Crippen molar-refractivity contribution in [2.75, 3.05) is 13.2 Å². The van der Waals surface area contributed by atoms with Gasteiger partial charge in [-0.15, -0.1) is 11.8 Å². The molecule has 1 saturated heterocycles. The first-order valence-electron chi connectivity index (χ1n) is 13.1. The Morgan fingerprint density at radius 2 is 1.68 bits per heavy atom. The highest BCUT2D eigenvalue weighted by Gasteiger charge is 2.57. The molecule has 3 unspecified atom stereocenters. The van der Waals surface area contributed by atoms with Crippen molar-refractivity contribution in [3.8, 4) is 0 Å². The molecule has 3 aromatic carbocycles. The Labute approximate surface area is 230 Å². The second kappa shape index (κ2) is 11.6. The number of hydrogen-bond acceptors (Lipinski definition) is 6. The summed E-state index contributed by atoms with van der Waals surface area (Å²) in [6, 6.07) is 25.8. The van der Waals surface area contributed by atoms with Gasteiger partial charge in [0.15, 0.2) is 11.0 Å². The molecule has 5 nitrogen and oxygen atoms in total. The van der Waals surface area contributed by atoms with Crippen molar-refractivity contribution in [3.63, 3.8) is 0 Å². The molecule has 38 heavy (non-hydrogen) atoms. The maximum atomic E-state index is 13.9. The van der Waals surface area contributed by atoms with Gasteiger partial charge in [0.05, 0.1) is 13.2 Å². The summed E-state index contributed by atoms with van der Waals surface area (Å²) in [5.41, 5.74) is 2.81. The lowest BCUT2D eigenvalue weighted by Crippen LogP contribution is -2.59. The van der Waals surface area contributed by atoms with Crippen LogP contribution in [0.15, 0.2) is 83.8 Å². The second-order valence-corrected chi connectivity index (χ2v) is 12.3. The number of aliphatic hydroxyl groups is 2. The Hall–Kier alpha value is -2.64. The molecule has 1 fully saturated rings. The number of hydrogen-bond donors (Lipinski definition) is 2. The zero-order valence-electron chi connectivity index (χ0n) is 22.6. The SMILES string of the molecule is Cc1ccc(C(C)(C)C)c(SC2C(=O)OC(CCc3ccccc3)(c3ccccc3)CC2(O)OCCO)c1. The van der Waals surface area contributed by atoms with E-state index in [-0.39, 0.29) is 25.0 Å². The molecular weight excluding hydrogens is 496 g/mol.